The number of nitrogens with zero attached hydrogens (tertiary/aromatic N) is 3. The summed E-state index contributed by atoms with van der Waals surface area (Å²) < 4.78 is 0. The second-order valence-corrected chi connectivity index (χ2v) is 7.00. The number of aryl methyl sites for hydroxylation is 2. The number of nitrogens with one attached hydrogen (secondary N) is 1. The van der Waals surface area contributed by atoms with Crippen molar-refractivity contribution in [2.45, 2.75) is 51.5 Å². The molecule has 4 heteroatoms. The van der Waals surface area contributed by atoms with E-state index in [4.69, 9.17) is 9.97 Å². The van der Waals surface area contributed by atoms with Crippen LogP contribution in [-0.4, -0.2) is 48.1 Å². The van der Waals surface area contributed by atoms with Crippen LogP contribution in [0.1, 0.15) is 42.0 Å². The summed E-state index contributed by atoms with van der Waals surface area (Å²) in [5.41, 5.74) is 3.96. The maximum atomic E-state index is 4.83. The van der Waals surface area contributed by atoms with Crippen LogP contribution in [0.4, 0.5) is 0 Å². The molecule has 0 amide bonds. The fourth-order valence-electron chi connectivity index (χ4n) is 3.15. The molecule has 1 N–H and O–H groups in total. The van der Waals surface area contributed by atoms with Crippen molar-refractivity contribution in [2.75, 3.05) is 27.2 Å². The fraction of sp³-hybridized carbons (Fsp3) is 0.765. The van der Waals surface area contributed by atoms with E-state index >= 15 is 0 Å². The summed E-state index contributed by atoms with van der Waals surface area (Å²) >= 11 is 0. The van der Waals surface area contributed by atoms with Crippen LogP contribution < -0.4 is 5.32 Å². The summed E-state index contributed by atoms with van der Waals surface area (Å²) in [7, 11) is 4.20. The Morgan fingerprint density at radius 3 is 2.71 bits per heavy atom. The van der Waals surface area contributed by atoms with Crippen LogP contribution in [0.5, 0.6) is 0 Å². The molecule has 1 saturated carbocycles. The van der Waals surface area contributed by atoms with E-state index in [0.717, 1.165) is 43.6 Å². The molecule has 1 atom stereocenters. The largest absolute Gasteiger partial charge is 0.314 e. The van der Waals surface area contributed by atoms with Crippen molar-refractivity contribution in [2.24, 2.45) is 5.92 Å². The molecule has 2 aliphatic rings. The normalized spacial score (nSPS) is 21.6. The van der Waals surface area contributed by atoms with E-state index in [1.165, 1.54) is 42.8 Å². The van der Waals surface area contributed by atoms with E-state index < -0.39 is 0 Å². The molecule has 0 aromatic carbocycles. The molecule has 3 rings (SSSR count). The molecule has 1 aromatic rings. The van der Waals surface area contributed by atoms with Crippen molar-refractivity contribution in [1.29, 1.82) is 0 Å². The number of likely N-dealkylation sites (N-methyl/N-ethyl adjacent to an activating group) is 1. The number of aromatic nitrogens is 2. The quantitative estimate of drug-likeness (QED) is 0.866. The van der Waals surface area contributed by atoms with Gasteiger partial charge in [0.15, 0.2) is 0 Å². The monoisotopic (exact) mass is 288 g/mol. The SMILES string of the molecule is Cc1nc(CCN(C)C)nc2c1CC(CNC1CC1)CC2. The van der Waals surface area contributed by atoms with E-state index in [1.54, 1.807) is 0 Å². The molecule has 1 unspecified atom stereocenters. The molecule has 1 fully saturated rings. The number of hydrogen-bond acceptors (Lipinski definition) is 4. The van der Waals surface area contributed by atoms with Crippen LogP contribution in [-0.2, 0) is 19.3 Å². The van der Waals surface area contributed by atoms with Crippen molar-refractivity contribution in [3.63, 3.8) is 0 Å². The Morgan fingerprint density at radius 1 is 1.19 bits per heavy atom. The van der Waals surface area contributed by atoms with Gasteiger partial charge in [-0.15, -0.1) is 0 Å². The molecule has 1 heterocycles. The molecule has 0 saturated heterocycles. The van der Waals surface area contributed by atoms with Crippen LogP contribution in [0.3, 0.4) is 0 Å². The first-order valence-corrected chi connectivity index (χ1v) is 8.35. The number of rotatable bonds is 6. The predicted octanol–water partition coefficient (Wildman–Crippen LogP) is 1.75. The zero-order valence-electron chi connectivity index (χ0n) is 13.7. The summed E-state index contributed by atoms with van der Waals surface area (Å²) in [4.78, 5) is 11.8. The van der Waals surface area contributed by atoms with E-state index in [0.29, 0.717) is 0 Å². The molecular formula is C17H28N4. The summed E-state index contributed by atoms with van der Waals surface area (Å²) in [5.74, 6) is 1.79. The smallest absolute Gasteiger partial charge is 0.130 e. The lowest BCUT2D eigenvalue weighted by molar-refractivity contribution is 0.403. The van der Waals surface area contributed by atoms with Gasteiger partial charge in [0.2, 0.25) is 0 Å². The summed E-state index contributed by atoms with van der Waals surface area (Å²) in [6, 6.07) is 0.817. The predicted molar refractivity (Wildman–Crippen MR) is 85.6 cm³/mol. The summed E-state index contributed by atoms with van der Waals surface area (Å²) in [6.45, 7) is 4.36. The van der Waals surface area contributed by atoms with Gasteiger partial charge in [-0.25, -0.2) is 9.97 Å². The Labute approximate surface area is 128 Å². The van der Waals surface area contributed by atoms with Gasteiger partial charge in [0.25, 0.3) is 0 Å². The molecule has 4 nitrogen and oxygen atoms in total. The van der Waals surface area contributed by atoms with Gasteiger partial charge in [0.1, 0.15) is 5.82 Å². The lowest BCUT2D eigenvalue weighted by atomic mass is 9.85. The van der Waals surface area contributed by atoms with Crippen LogP contribution >= 0.6 is 0 Å². The number of hydrogen-bond donors (Lipinski definition) is 1. The van der Waals surface area contributed by atoms with Crippen LogP contribution in [0, 0.1) is 12.8 Å². The van der Waals surface area contributed by atoms with Crippen LogP contribution in [0.25, 0.3) is 0 Å². The van der Waals surface area contributed by atoms with Crippen molar-refractivity contribution in [1.82, 2.24) is 20.2 Å². The first-order valence-electron chi connectivity index (χ1n) is 8.35. The average Bonchev–Trinajstić information content (AvgIpc) is 3.27. The highest BCUT2D eigenvalue weighted by molar-refractivity contribution is 5.28. The minimum atomic E-state index is 0.771. The van der Waals surface area contributed by atoms with Gasteiger partial charge in [0.05, 0.1) is 0 Å². The average molecular weight is 288 g/mol. The minimum Gasteiger partial charge on any atom is -0.314 e. The van der Waals surface area contributed by atoms with Gasteiger partial charge < -0.3 is 10.2 Å². The molecule has 1 aromatic heterocycles. The van der Waals surface area contributed by atoms with E-state index in [9.17, 15) is 0 Å². The Balaban J connectivity index is 1.64. The maximum absolute atomic E-state index is 4.83. The second kappa shape index (κ2) is 6.41. The van der Waals surface area contributed by atoms with Gasteiger partial charge in [-0.2, -0.15) is 0 Å². The Bertz CT molecular complexity index is 494. The van der Waals surface area contributed by atoms with Crippen LogP contribution in [0.2, 0.25) is 0 Å². The highest BCUT2D eigenvalue weighted by atomic mass is 15.1. The van der Waals surface area contributed by atoms with E-state index in [2.05, 4.69) is 31.2 Å². The third-order valence-corrected chi connectivity index (χ3v) is 4.68. The van der Waals surface area contributed by atoms with Gasteiger partial charge >= 0.3 is 0 Å². The lowest BCUT2D eigenvalue weighted by Gasteiger charge is -2.26. The third kappa shape index (κ3) is 4.01. The van der Waals surface area contributed by atoms with Gasteiger partial charge in [-0.05, 0) is 71.1 Å². The van der Waals surface area contributed by atoms with Crippen LogP contribution in [0.15, 0.2) is 0 Å². The first kappa shape index (κ1) is 14.9. The molecule has 0 bridgehead atoms. The van der Waals surface area contributed by atoms with Crippen molar-refractivity contribution >= 4 is 0 Å². The van der Waals surface area contributed by atoms with Crippen molar-refractivity contribution in [3.05, 3.63) is 22.8 Å². The van der Waals surface area contributed by atoms with Gasteiger partial charge in [-0.1, -0.05) is 0 Å². The molecule has 0 spiro atoms. The Hall–Kier alpha value is -1.00. The zero-order valence-corrected chi connectivity index (χ0v) is 13.7. The number of fused-ring (bicyclic) bond motifs is 1. The third-order valence-electron chi connectivity index (χ3n) is 4.68. The second-order valence-electron chi connectivity index (χ2n) is 7.00. The summed E-state index contributed by atoms with van der Waals surface area (Å²) in [5, 5.41) is 3.67. The molecule has 116 valence electrons. The molecule has 0 aliphatic heterocycles. The van der Waals surface area contributed by atoms with E-state index in [-0.39, 0.29) is 0 Å². The summed E-state index contributed by atoms with van der Waals surface area (Å²) in [6.07, 6.45) is 7.27. The first-order chi connectivity index (χ1) is 10.1. The molecule has 0 radical (unpaired) electrons. The minimum absolute atomic E-state index is 0.771. The van der Waals surface area contributed by atoms with Gasteiger partial charge in [-0.3, -0.25) is 0 Å². The standard InChI is InChI=1S/C17H28N4/c1-12-15-10-13(11-18-14-5-6-14)4-7-16(15)20-17(19-12)8-9-21(2)3/h13-14,18H,4-11H2,1-3H3. The lowest BCUT2D eigenvalue weighted by Crippen LogP contribution is -2.30. The highest BCUT2D eigenvalue weighted by Crippen LogP contribution is 2.27. The van der Waals surface area contributed by atoms with E-state index in [1.807, 2.05) is 0 Å². The van der Waals surface area contributed by atoms with Crippen molar-refractivity contribution < 1.29 is 0 Å². The zero-order chi connectivity index (χ0) is 14.8. The molecular weight excluding hydrogens is 260 g/mol. The highest BCUT2D eigenvalue weighted by Gasteiger charge is 2.26. The van der Waals surface area contributed by atoms with Crippen molar-refractivity contribution in [3.8, 4) is 0 Å². The fourth-order valence-corrected chi connectivity index (χ4v) is 3.15. The Kier molecular flexibility index (Phi) is 4.55. The molecule has 2 aliphatic carbocycles. The Morgan fingerprint density at radius 2 is 2.00 bits per heavy atom. The van der Waals surface area contributed by atoms with Gasteiger partial charge in [0, 0.05) is 30.4 Å². The molecule has 21 heavy (non-hydrogen) atoms. The maximum Gasteiger partial charge on any atom is 0.130 e. The topological polar surface area (TPSA) is 41.1 Å².